The highest BCUT2D eigenvalue weighted by Crippen LogP contribution is 2.44. The summed E-state index contributed by atoms with van der Waals surface area (Å²) < 4.78 is 10.5. The number of carboxylic acids is 1. The van der Waals surface area contributed by atoms with Crippen molar-refractivity contribution in [2.24, 2.45) is 11.1 Å². The van der Waals surface area contributed by atoms with E-state index in [1.54, 1.807) is 25.3 Å². The molecule has 0 aliphatic heterocycles. The van der Waals surface area contributed by atoms with Crippen LogP contribution in [-0.2, 0) is 10.3 Å². The molecule has 0 unspecified atom stereocenters. The van der Waals surface area contributed by atoms with Crippen molar-refractivity contribution in [3.05, 3.63) is 23.8 Å². The Morgan fingerprint density at radius 2 is 1.85 bits per heavy atom. The highest BCUT2D eigenvalue weighted by atomic mass is 16.5. The van der Waals surface area contributed by atoms with E-state index >= 15 is 0 Å². The molecule has 1 aromatic rings. The minimum atomic E-state index is -1.05. The van der Waals surface area contributed by atoms with Crippen LogP contribution in [0.25, 0.3) is 0 Å². The quantitative estimate of drug-likeness (QED) is 0.866. The fourth-order valence-electron chi connectivity index (χ4n) is 2.17. The largest absolute Gasteiger partial charge is 0.497 e. The Morgan fingerprint density at radius 1 is 1.25 bits per heavy atom. The number of rotatable bonds is 5. The van der Waals surface area contributed by atoms with Gasteiger partial charge in [0.1, 0.15) is 11.5 Å². The van der Waals surface area contributed by atoms with Gasteiger partial charge in [0.05, 0.1) is 26.2 Å². The number of carboxylic acid groups (broad SMARTS) is 1. The SMILES string of the molecule is COc1ccc([C@](N)(CC(=O)O)C(C)(C)C)c(OC)c1. The number of nitrogens with two attached hydrogens (primary N) is 1. The Morgan fingerprint density at radius 3 is 2.25 bits per heavy atom. The number of methoxy groups -OCH3 is 2. The molecule has 1 atom stereocenters. The van der Waals surface area contributed by atoms with E-state index in [1.807, 2.05) is 20.8 Å². The Balaban J connectivity index is 3.45. The van der Waals surface area contributed by atoms with Gasteiger partial charge in [-0.3, -0.25) is 4.79 Å². The Labute approximate surface area is 119 Å². The Hall–Kier alpha value is -1.75. The van der Waals surface area contributed by atoms with E-state index < -0.39 is 16.9 Å². The number of aliphatic carboxylic acids is 1. The van der Waals surface area contributed by atoms with Gasteiger partial charge < -0.3 is 20.3 Å². The van der Waals surface area contributed by atoms with Crippen molar-refractivity contribution >= 4 is 5.97 Å². The number of benzene rings is 1. The first-order chi connectivity index (χ1) is 9.15. The van der Waals surface area contributed by atoms with Gasteiger partial charge in [-0.25, -0.2) is 0 Å². The number of hydrogen-bond acceptors (Lipinski definition) is 4. The van der Waals surface area contributed by atoms with Crippen molar-refractivity contribution in [1.29, 1.82) is 0 Å². The molecular weight excluding hydrogens is 258 g/mol. The lowest BCUT2D eigenvalue weighted by molar-refractivity contribution is -0.139. The summed E-state index contributed by atoms with van der Waals surface area (Å²) in [5, 5.41) is 9.19. The van der Waals surface area contributed by atoms with Crippen LogP contribution < -0.4 is 15.2 Å². The summed E-state index contributed by atoms with van der Waals surface area (Å²) in [6, 6.07) is 5.24. The first-order valence-electron chi connectivity index (χ1n) is 6.39. The van der Waals surface area contributed by atoms with Crippen LogP contribution in [0.2, 0.25) is 0 Å². The summed E-state index contributed by atoms with van der Waals surface area (Å²) in [4.78, 5) is 11.2. The van der Waals surface area contributed by atoms with Gasteiger partial charge in [-0.05, 0) is 17.5 Å². The molecule has 0 aromatic heterocycles. The molecule has 5 heteroatoms. The van der Waals surface area contributed by atoms with Crippen LogP contribution in [0.3, 0.4) is 0 Å². The lowest BCUT2D eigenvalue weighted by Crippen LogP contribution is -2.50. The summed E-state index contributed by atoms with van der Waals surface area (Å²) in [6.07, 6.45) is -0.181. The lowest BCUT2D eigenvalue weighted by Gasteiger charge is -2.41. The zero-order valence-electron chi connectivity index (χ0n) is 12.7. The van der Waals surface area contributed by atoms with Gasteiger partial charge in [0.2, 0.25) is 0 Å². The standard InChI is InChI=1S/C15H23NO4/c1-14(2,3)15(16,9-13(17)18)11-7-6-10(19-4)8-12(11)20-5/h6-8H,9,16H2,1-5H3,(H,17,18)/t15-/m1/s1. The van der Waals surface area contributed by atoms with Crippen molar-refractivity contribution < 1.29 is 19.4 Å². The Bertz CT molecular complexity index is 493. The molecule has 1 aromatic carbocycles. The highest BCUT2D eigenvalue weighted by Gasteiger charge is 2.43. The maximum Gasteiger partial charge on any atom is 0.305 e. The second-order valence-corrected chi connectivity index (χ2v) is 5.86. The van der Waals surface area contributed by atoms with Gasteiger partial charge in [0, 0.05) is 11.6 Å². The zero-order chi connectivity index (χ0) is 15.6. The fraction of sp³-hybridized carbons (Fsp3) is 0.533. The van der Waals surface area contributed by atoms with E-state index in [0.29, 0.717) is 17.1 Å². The van der Waals surface area contributed by atoms with Crippen LogP contribution in [0.4, 0.5) is 0 Å². The van der Waals surface area contributed by atoms with Crippen LogP contribution in [0.5, 0.6) is 11.5 Å². The maximum atomic E-state index is 11.2. The molecule has 0 fully saturated rings. The van der Waals surface area contributed by atoms with E-state index in [2.05, 4.69) is 0 Å². The van der Waals surface area contributed by atoms with Crippen LogP contribution >= 0.6 is 0 Å². The van der Waals surface area contributed by atoms with Crippen LogP contribution in [0.1, 0.15) is 32.8 Å². The monoisotopic (exact) mass is 281 g/mol. The van der Waals surface area contributed by atoms with Crippen molar-refractivity contribution in [1.82, 2.24) is 0 Å². The second-order valence-electron chi connectivity index (χ2n) is 5.86. The summed E-state index contributed by atoms with van der Waals surface area (Å²) in [6.45, 7) is 5.75. The first-order valence-corrected chi connectivity index (χ1v) is 6.39. The predicted molar refractivity (Wildman–Crippen MR) is 77.1 cm³/mol. The molecule has 0 spiro atoms. The third kappa shape index (κ3) is 3.04. The molecule has 0 aliphatic rings. The van der Waals surface area contributed by atoms with E-state index in [-0.39, 0.29) is 6.42 Å². The first kappa shape index (κ1) is 16.3. The topological polar surface area (TPSA) is 81.8 Å². The molecule has 20 heavy (non-hydrogen) atoms. The predicted octanol–water partition coefficient (Wildman–Crippen LogP) is 2.38. The molecular formula is C15H23NO4. The van der Waals surface area contributed by atoms with Gasteiger partial charge in [-0.2, -0.15) is 0 Å². The lowest BCUT2D eigenvalue weighted by atomic mass is 9.68. The Kier molecular flexibility index (Phi) is 4.65. The van der Waals surface area contributed by atoms with Crippen LogP contribution in [-0.4, -0.2) is 25.3 Å². The van der Waals surface area contributed by atoms with Crippen LogP contribution in [0, 0.1) is 5.41 Å². The molecule has 0 bridgehead atoms. The van der Waals surface area contributed by atoms with E-state index in [1.165, 1.54) is 7.11 Å². The number of carbonyl (C=O) groups is 1. The van der Waals surface area contributed by atoms with E-state index in [4.69, 9.17) is 15.2 Å². The summed E-state index contributed by atoms with van der Waals surface area (Å²) in [5.41, 5.74) is 5.63. The number of ether oxygens (including phenoxy) is 2. The van der Waals surface area contributed by atoms with Gasteiger partial charge in [0.15, 0.2) is 0 Å². The smallest absolute Gasteiger partial charge is 0.305 e. The average molecular weight is 281 g/mol. The minimum absolute atomic E-state index is 0.181. The van der Waals surface area contributed by atoms with Crippen molar-refractivity contribution in [3.8, 4) is 11.5 Å². The second kappa shape index (κ2) is 5.71. The molecule has 0 aliphatic carbocycles. The van der Waals surface area contributed by atoms with Gasteiger partial charge >= 0.3 is 5.97 Å². The highest BCUT2D eigenvalue weighted by molar-refractivity contribution is 5.69. The van der Waals surface area contributed by atoms with E-state index in [0.717, 1.165) is 0 Å². The van der Waals surface area contributed by atoms with E-state index in [9.17, 15) is 9.90 Å². The summed E-state index contributed by atoms with van der Waals surface area (Å²) in [7, 11) is 3.09. The molecule has 1 rings (SSSR count). The molecule has 5 nitrogen and oxygen atoms in total. The summed E-state index contributed by atoms with van der Waals surface area (Å²) >= 11 is 0. The number of hydrogen-bond donors (Lipinski definition) is 2. The molecule has 3 N–H and O–H groups in total. The van der Waals surface area contributed by atoms with Crippen molar-refractivity contribution in [3.63, 3.8) is 0 Å². The molecule has 0 saturated carbocycles. The van der Waals surface area contributed by atoms with Gasteiger partial charge in [-0.1, -0.05) is 20.8 Å². The minimum Gasteiger partial charge on any atom is -0.497 e. The summed E-state index contributed by atoms with van der Waals surface area (Å²) in [5.74, 6) is 0.223. The molecule has 0 amide bonds. The average Bonchev–Trinajstić information content (AvgIpc) is 2.35. The van der Waals surface area contributed by atoms with Gasteiger partial charge in [-0.15, -0.1) is 0 Å². The van der Waals surface area contributed by atoms with Crippen LogP contribution in [0.15, 0.2) is 18.2 Å². The third-order valence-corrected chi connectivity index (χ3v) is 3.66. The molecule has 0 heterocycles. The maximum absolute atomic E-state index is 11.2. The normalized spacial score (nSPS) is 14.5. The molecule has 0 saturated heterocycles. The van der Waals surface area contributed by atoms with Gasteiger partial charge in [0.25, 0.3) is 0 Å². The van der Waals surface area contributed by atoms with Crippen molar-refractivity contribution in [2.75, 3.05) is 14.2 Å². The third-order valence-electron chi connectivity index (χ3n) is 3.66. The van der Waals surface area contributed by atoms with Crippen molar-refractivity contribution in [2.45, 2.75) is 32.7 Å². The molecule has 112 valence electrons. The zero-order valence-corrected chi connectivity index (χ0v) is 12.7. The fourth-order valence-corrected chi connectivity index (χ4v) is 2.17. The molecule has 0 radical (unpaired) electrons.